The number of nitrogens with one attached hydrogen (secondary N) is 1. The van der Waals surface area contributed by atoms with Gasteiger partial charge in [-0.05, 0) is 37.1 Å². The Balaban J connectivity index is 1.90. The summed E-state index contributed by atoms with van der Waals surface area (Å²) < 4.78 is 5.38. The molecule has 4 N–H and O–H groups in total. The Kier molecular flexibility index (Phi) is 5.54. The highest BCUT2D eigenvalue weighted by atomic mass is 16.3. The first kappa shape index (κ1) is 15.3. The van der Waals surface area contributed by atoms with Crippen LogP contribution in [0.2, 0.25) is 0 Å². The molecule has 0 unspecified atom stereocenters. The number of rotatable bonds is 8. The molecule has 0 saturated carbocycles. The number of primary amides is 1. The van der Waals surface area contributed by atoms with Crippen LogP contribution in [0.3, 0.4) is 0 Å². The molecule has 0 aliphatic rings. The highest BCUT2D eigenvalue weighted by molar-refractivity contribution is 5.90. The minimum Gasteiger partial charge on any atom is -0.451 e. The van der Waals surface area contributed by atoms with Crippen LogP contribution in [0.25, 0.3) is 11.3 Å². The Morgan fingerprint density at radius 3 is 2.52 bits per heavy atom. The molecular formula is C16H20N2O3. The Hall–Kier alpha value is -2.11. The lowest BCUT2D eigenvalue weighted by molar-refractivity contribution is 0.0974. The third-order valence-corrected chi connectivity index (χ3v) is 3.18. The number of carbonyl (C=O) groups excluding carboxylic acids is 1. The van der Waals surface area contributed by atoms with Crippen molar-refractivity contribution in [3.8, 4) is 11.3 Å². The maximum Gasteiger partial charge on any atom is 0.284 e. The van der Waals surface area contributed by atoms with Crippen LogP contribution < -0.4 is 11.1 Å². The van der Waals surface area contributed by atoms with Gasteiger partial charge in [0.15, 0.2) is 5.76 Å². The summed E-state index contributed by atoms with van der Waals surface area (Å²) in [5.74, 6) is 0.232. The molecule has 0 aliphatic heterocycles. The summed E-state index contributed by atoms with van der Waals surface area (Å²) in [6, 6.07) is 11.3. The number of amides is 1. The second-order valence-electron chi connectivity index (χ2n) is 4.83. The van der Waals surface area contributed by atoms with Gasteiger partial charge < -0.3 is 20.6 Å². The summed E-state index contributed by atoms with van der Waals surface area (Å²) in [5.41, 5.74) is 7.24. The van der Waals surface area contributed by atoms with Crippen molar-refractivity contribution >= 4 is 5.91 Å². The first-order valence-corrected chi connectivity index (χ1v) is 7.01. The topological polar surface area (TPSA) is 88.5 Å². The molecule has 2 aromatic rings. The lowest BCUT2D eigenvalue weighted by atomic mass is 10.1. The molecule has 1 aromatic carbocycles. The summed E-state index contributed by atoms with van der Waals surface area (Å²) in [7, 11) is 0. The molecule has 1 heterocycles. The molecule has 112 valence electrons. The number of aliphatic hydroxyl groups excluding tert-OH is 1. The number of hydrogen-bond donors (Lipinski definition) is 3. The van der Waals surface area contributed by atoms with Gasteiger partial charge >= 0.3 is 0 Å². The summed E-state index contributed by atoms with van der Waals surface area (Å²) in [6.07, 6.45) is 1.80. The summed E-state index contributed by atoms with van der Waals surface area (Å²) in [5, 5.41) is 12.0. The van der Waals surface area contributed by atoms with Crippen LogP contribution in [0, 0.1) is 0 Å². The lowest BCUT2D eigenvalue weighted by Gasteiger charge is -2.05. The smallest absolute Gasteiger partial charge is 0.284 e. The van der Waals surface area contributed by atoms with Gasteiger partial charge in [0.1, 0.15) is 5.76 Å². The number of benzene rings is 1. The largest absolute Gasteiger partial charge is 0.451 e. The zero-order valence-electron chi connectivity index (χ0n) is 11.8. The number of aliphatic hydroxyl groups is 1. The molecule has 0 atom stereocenters. The van der Waals surface area contributed by atoms with Gasteiger partial charge in [-0.15, -0.1) is 0 Å². The normalized spacial score (nSPS) is 10.7. The Morgan fingerprint density at radius 1 is 1.14 bits per heavy atom. The van der Waals surface area contributed by atoms with Gasteiger partial charge in [0.2, 0.25) is 0 Å². The Labute approximate surface area is 123 Å². The average Bonchev–Trinajstić information content (AvgIpc) is 2.98. The second kappa shape index (κ2) is 7.61. The molecule has 0 radical (unpaired) electrons. The van der Waals surface area contributed by atoms with Crippen molar-refractivity contribution < 1.29 is 14.3 Å². The van der Waals surface area contributed by atoms with Crippen molar-refractivity contribution in [2.45, 2.75) is 19.4 Å². The average molecular weight is 288 g/mol. The molecule has 0 fully saturated rings. The lowest BCUT2D eigenvalue weighted by Crippen LogP contribution is -2.14. The molecule has 0 saturated heterocycles. The molecule has 0 aliphatic carbocycles. The fourth-order valence-electron chi connectivity index (χ4n) is 2.01. The summed E-state index contributed by atoms with van der Waals surface area (Å²) in [6.45, 7) is 1.92. The Bertz CT molecular complexity index is 575. The van der Waals surface area contributed by atoms with E-state index < -0.39 is 5.91 Å². The van der Waals surface area contributed by atoms with Crippen LogP contribution in [0.1, 0.15) is 29.0 Å². The van der Waals surface area contributed by atoms with Gasteiger partial charge in [-0.3, -0.25) is 4.79 Å². The van der Waals surface area contributed by atoms with Crippen LogP contribution in [-0.4, -0.2) is 24.2 Å². The number of unbranched alkanes of at least 4 members (excludes halogenated alkanes) is 1. The van der Waals surface area contributed by atoms with Crippen LogP contribution in [0.15, 0.2) is 40.8 Å². The van der Waals surface area contributed by atoms with E-state index in [0.29, 0.717) is 5.76 Å². The Morgan fingerprint density at radius 2 is 1.90 bits per heavy atom. The summed E-state index contributed by atoms with van der Waals surface area (Å²) in [4.78, 5) is 11.0. The SMILES string of the molecule is NC(=O)c1ccc(-c2ccc(CNCCCCO)cc2)o1. The molecule has 5 nitrogen and oxygen atoms in total. The van der Waals surface area contributed by atoms with Crippen molar-refractivity contribution in [3.63, 3.8) is 0 Å². The minimum absolute atomic E-state index is 0.166. The third kappa shape index (κ3) is 4.44. The third-order valence-electron chi connectivity index (χ3n) is 3.18. The van der Waals surface area contributed by atoms with Crippen LogP contribution in [0.5, 0.6) is 0 Å². The second-order valence-corrected chi connectivity index (χ2v) is 4.83. The number of furan rings is 1. The maximum absolute atomic E-state index is 11.0. The van der Waals surface area contributed by atoms with Gasteiger partial charge in [0.05, 0.1) is 0 Å². The zero-order valence-corrected chi connectivity index (χ0v) is 11.8. The zero-order chi connectivity index (χ0) is 15.1. The van der Waals surface area contributed by atoms with Crippen molar-refractivity contribution in [2.24, 2.45) is 5.73 Å². The number of carbonyl (C=O) groups is 1. The van der Waals surface area contributed by atoms with E-state index in [-0.39, 0.29) is 12.4 Å². The van der Waals surface area contributed by atoms with Crippen molar-refractivity contribution in [2.75, 3.05) is 13.2 Å². The van der Waals surface area contributed by atoms with E-state index >= 15 is 0 Å². The predicted octanol–water partition coefficient (Wildman–Crippen LogP) is 1.91. The molecular weight excluding hydrogens is 268 g/mol. The highest BCUT2D eigenvalue weighted by Gasteiger charge is 2.08. The highest BCUT2D eigenvalue weighted by Crippen LogP contribution is 2.22. The van der Waals surface area contributed by atoms with Gasteiger partial charge in [-0.1, -0.05) is 24.3 Å². The summed E-state index contributed by atoms with van der Waals surface area (Å²) >= 11 is 0. The molecule has 1 amide bonds. The number of nitrogens with two attached hydrogens (primary N) is 1. The van der Waals surface area contributed by atoms with Crippen molar-refractivity contribution in [1.29, 1.82) is 0 Å². The first-order valence-electron chi connectivity index (χ1n) is 7.01. The van der Waals surface area contributed by atoms with E-state index in [1.807, 2.05) is 24.3 Å². The monoisotopic (exact) mass is 288 g/mol. The van der Waals surface area contributed by atoms with E-state index in [1.54, 1.807) is 12.1 Å². The van der Waals surface area contributed by atoms with Crippen molar-refractivity contribution in [3.05, 3.63) is 47.7 Å². The van der Waals surface area contributed by atoms with Crippen LogP contribution >= 0.6 is 0 Å². The minimum atomic E-state index is -0.565. The number of hydrogen-bond acceptors (Lipinski definition) is 4. The maximum atomic E-state index is 11.0. The molecule has 1 aromatic heterocycles. The van der Waals surface area contributed by atoms with Gasteiger partial charge in [0.25, 0.3) is 5.91 Å². The van der Waals surface area contributed by atoms with E-state index in [4.69, 9.17) is 15.3 Å². The van der Waals surface area contributed by atoms with Crippen LogP contribution in [0.4, 0.5) is 0 Å². The first-order chi connectivity index (χ1) is 10.2. The van der Waals surface area contributed by atoms with E-state index in [9.17, 15) is 4.79 Å². The van der Waals surface area contributed by atoms with Gasteiger partial charge in [0, 0.05) is 18.7 Å². The van der Waals surface area contributed by atoms with E-state index in [0.717, 1.165) is 31.5 Å². The van der Waals surface area contributed by atoms with Gasteiger partial charge in [-0.2, -0.15) is 0 Å². The van der Waals surface area contributed by atoms with Crippen molar-refractivity contribution in [1.82, 2.24) is 5.32 Å². The standard InChI is InChI=1S/C16H20N2O3/c17-16(20)15-8-7-14(21-15)13-5-3-12(4-6-13)11-18-9-1-2-10-19/h3-8,18-19H,1-2,9-11H2,(H2,17,20). The van der Waals surface area contributed by atoms with Gasteiger partial charge in [-0.25, -0.2) is 0 Å². The fourth-order valence-corrected chi connectivity index (χ4v) is 2.01. The molecule has 0 spiro atoms. The molecule has 2 rings (SSSR count). The van der Waals surface area contributed by atoms with E-state index in [2.05, 4.69) is 5.32 Å². The molecule has 21 heavy (non-hydrogen) atoms. The molecule has 5 heteroatoms. The predicted molar refractivity (Wildman–Crippen MR) is 80.7 cm³/mol. The fraction of sp³-hybridized carbons (Fsp3) is 0.312. The van der Waals surface area contributed by atoms with E-state index in [1.165, 1.54) is 5.56 Å². The van der Waals surface area contributed by atoms with Crippen LogP contribution in [-0.2, 0) is 6.54 Å². The quantitative estimate of drug-likeness (QED) is 0.647. The molecule has 0 bridgehead atoms.